The second kappa shape index (κ2) is 7.28. The highest BCUT2D eigenvalue weighted by atomic mass is 19.4. The van der Waals surface area contributed by atoms with Gasteiger partial charge in [0.05, 0.1) is 11.6 Å². The van der Waals surface area contributed by atoms with Crippen molar-refractivity contribution in [3.63, 3.8) is 0 Å². The fourth-order valence-electron chi connectivity index (χ4n) is 4.76. The van der Waals surface area contributed by atoms with Crippen LogP contribution in [0.2, 0.25) is 0 Å². The van der Waals surface area contributed by atoms with Gasteiger partial charge in [-0.05, 0) is 57.6 Å². The Labute approximate surface area is 161 Å². The average molecular weight is 398 g/mol. The van der Waals surface area contributed by atoms with Gasteiger partial charge in [-0.3, -0.25) is 0 Å². The SMILES string of the molecule is Cc1cc([C@H]2CNCC[C@@H]2C)n2nc(C3CCC(C(F)(F)F)CC3)c(F)c2n1. The molecular weight excluding hydrogens is 372 g/mol. The molecule has 2 aliphatic rings. The highest BCUT2D eigenvalue weighted by Crippen LogP contribution is 2.43. The molecule has 0 bridgehead atoms. The first-order valence-corrected chi connectivity index (χ1v) is 10.1. The number of nitrogens with zero attached hydrogens (tertiary/aromatic N) is 3. The maximum absolute atomic E-state index is 15.2. The van der Waals surface area contributed by atoms with Crippen molar-refractivity contribution in [1.29, 1.82) is 0 Å². The van der Waals surface area contributed by atoms with E-state index in [0.717, 1.165) is 30.9 Å². The van der Waals surface area contributed by atoms with Gasteiger partial charge < -0.3 is 5.32 Å². The Morgan fingerprint density at radius 1 is 1.14 bits per heavy atom. The number of alkyl halides is 3. The molecule has 1 aliphatic carbocycles. The molecule has 28 heavy (non-hydrogen) atoms. The lowest BCUT2D eigenvalue weighted by molar-refractivity contribution is -0.182. The Kier molecular flexibility index (Phi) is 5.10. The van der Waals surface area contributed by atoms with Crippen LogP contribution in [0.25, 0.3) is 5.65 Å². The van der Waals surface area contributed by atoms with Crippen molar-refractivity contribution in [3.8, 4) is 0 Å². The zero-order valence-electron chi connectivity index (χ0n) is 16.2. The smallest absolute Gasteiger partial charge is 0.316 e. The van der Waals surface area contributed by atoms with Gasteiger partial charge in [-0.1, -0.05) is 6.92 Å². The predicted octanol–water partition coefficient (Wildman–Crippen LogP) is 4.73. The Balaban J connectivity index is 1.68. The van der Waals surface area contributed by atoms with Crippen molar-refractivity contribution in [2.45, 2.75) is 64.0 Å². The summed E-state index contributed by atoms with van der Waals surface area (Å²) in [6.45, 7) is 5.79. The summed E-state index contributed by atoms with van der Waals surface area (Å²) in [4.78, 5) is 4.35. The maximum atomic E-state index is 15.2. The molecule has 0 aromatic carbocycles. The van der Waals surface area contributed by atoms with Gasteiger partial charge >= 0.3 is 6.18 Å². The summed E-state index contributed by atoms with van der Waals surface area (Å²) in [5, 5.41) is 7.93. The topological polar surface area (TPSA) is 42.2 Å². The zero-order chi connectivity index (χ0) is 20.1. The lowest BCUT2D eigenvalue weighted by Gasteiger charge is -2.30. The van der Waals surface area contributed by atoms with Crippen LogP contribution < -0.4 is 5.32 Å². The van der Waals surface area contributed by atoms with E-state index in [2.05, 4.69) is 22.3 Å². The summed E-state index contributed by atoms with van der Waals surface area (Å²) >= 11 is 0. The van der Waals surface area contributed by atoms with E-state index < -0.39 is 17.9 Å². The van der Waals surface area contributed by atoms with Crippen molar-refractivity contribution in [3.05, 3.63) is 29.0 Å². The Morgan fingerprint density at radius 2 is 1.86 bits per heavy atom. The molecule has 1 aliphatic heterocycles. The first-order valence-electron chi connectivity index (χ1n) is 10.1. The second-order valence-corrected chi connectivity index (χ2v) is 8.42. The van der Waals surface area contributed by atoms with Crippen molar-refractivity contribution < 1.29 is 17.6 Å². The van der Waals surface area contributed by atoms with Crippen LogP contribution in [0.5, 0.6) is 0 Å². The number of rotatable bonds is 2. The van der Waals surface area contributed by atoms with E-state index in [9.17, 15) is 13.2 Å². The molecule has 8 heteroatoms. The summed E-state index contributed by atoms with van der Waals surface area (Å²) in [7, 11) is 0. The number of fused-ring (bicyclic) bond motifs is 1. The van der Waals surface area contributed by atoms with Gasteiger partial charge in [-0.2, -0.15) is 18.3 Å². The van der Waals surface area contributed by atoms with Gasteiger partial charge in [0, 0.05) is 24.1 Å². The predicted molar refractivity (Wildman–Crippen MR) is 97.8 cm³/mol. The quantitative estimate of drug-likeness (QED) is 0.744. The van der Waals surface area contributed by atoms with Gasteiger partial charge in [-0.15, -0.1) is 0 Å². The lowest BCUT2D eigenvalue weighted by Crippen LogP contribution is -2.35. The molecule has 2 aromatic rings. The monoisotopic (exact) mass is 398 g/mol. The van der Waals surface area contributed by atoms with Crippen LogP contribution in [0.1, 0.15) is 67.9 Å². The summed E-state index contributed by atoms with van der Waals surface area (Å²) in [5.74, 6) is -1.41. The van der Waals surface area contributed by atoms with Gasteiger partial charge in [0.15, 0.2) is 11.5 Å². The molecule has 1 saturated heterocycles. The zero-order valence-corrected chi connectivity index (χ0v) is 16.2. The van der Waals surface area contributed by atoms with Crippen molar-refractivity contribution in [1.82, 2.24) is 19.9 Å². The van der Waals surface area contributed by atoms with Crippen LogP contribution in [0, 0.1) is 24.6 Å². The third kappa shape index (κ3) is 3.51. The first kappa shape index (κ1) is 19.6. The summed E-state index contributed by atoms with van der Waals surface area (Å²) in [6, 6.07) is 1.96. The van der Waals surface area contributed by atoms with E-state index in [1.54, 1.807) is 4.52 Å². The molecule has 2 aromatic heterocycles. The van der Waals surface area contributed by atoms with Crippen molar-refractivity contribution in [2.75, 3.05) is 13.1 Å². The van der Waals surface area contributed by atoms with Crippen molar-refractivity contribution in [2.24, 2.45) is 11.8 Å². The third-order valence-electron chi connectivity index (χ3n) is 6.50. The van der Waals surface area contributed by atoms with Crippen LogP contribution in [-0.2, 0) is 0 Å². The number of piperidine rings is 1. The molecule has 154 valence electrons. The normalized spacial score (nSPS) is 29.4. The molecule has 4 rings (SSSR count). The van der Waals surface area contributed by atoms with Crippen LogP contribution in [0.3, 0.4) is 0 Å². The first-order chi connectivity index (χ1) is 13.3. The molecule has 4 nitrogen and oxygen atoms in total. The van der Waals surface area contributed by atoms with Crippen LogP contribution in [0.15, 0.2) is 6.07 Å². The molecule has 2 fully saturated rings. The van der Waals surface area contributed by atoms with E-state index in [1.807, 2.05) is 13.0 Å². The van der Waals surface area contributed by atoms with E-state index in [1.165, 1.54) is 0 Å². The molecule has 0 amide bonds. The third-order valence-corrected chi connectivity index (χ3v) is 6.50. The number of halogens is 4. The second-order valence-electron chi connectivity index (χ2n) is 8.42. The molecular formula is C20H26F4N4. The van der Waals surface area contributed by atoms with E-state index in [4.69, 9.17) is 0 Å². The number of aromatic nitrogens is 3. The molecule has 1 N–H and O–H groups in total. The molecule has 1 saturated carbocycles. The van der Waals surface area contributed by atoms with Crippen molar-refractivity contribution >= 4 is 5.65 Å². The molecule has 0 spiro atoms. The fraction of sp³-hybridized carbons (Fsp3) is 0.700. The minimum atomic E-state index is -4.17. The molecule has 2 atom stereocenters. The van der Waals surface area contributed by atoms with Crippen LogP contribution in [0.4, 0.5) is 17.6 Å². The molecule has 0 radical (unpaired) electrons. The molecule has 3 heterocycles. The Bertz CT molecular complexity index is 852. The summed E-state index contributed by atoms with van der Waals surface area (Å²) in [6.07, 6.45) is -2.46. The standard InChI is InChI=1S/C20H26F4N4/c1-11-7-8-25-10-15(11)16-9-12(2)26-19-17(21)18(27-28(16)19)13-3-5-14(6-4-13)20(22,23)24/h9,11,13-15,25H,3-8,10H2,1-2H3/t11-,13?,14?,15-/m0/s1. The minimum Gasteiger partial charge on any atom is -0.316 e. The number of hydrogen-bond acceptors (Lipinski definition) is 3. The maximum Gasteiger partial charge on any atom is 0.391 e. The number of aryl methyl sites for hydroxylation is 1. The number of hydrogen-bond donors (Lipinski definition) is 1. The van der Waals surface area contributed by atoms with Gasteiger partial charge in [-0.25, -0.2) is 13.9 Å². The fourth-order valence-corrected chi connectivity index (χ4v) is 4.76. The Morgan fingerprint density at radius 3 is 2.50 bits per heavy atom. The van der Waals surface area contributed by atoms with E-state index >= 15 is 4.39 Å². The molecule has 0 unspecified atom stereocenters. The van der Waals surface area contributed by atoms with Crippen LogP contribution in [-0.4, -0.2) is 33.9 Å². The largest absolute Gasteiger partial charge is 0.391 e. The number of nitrogens with one attached hydrogen (secondary N) is 1. The highest BCUT2D eigenvalue weighted by Gasteiger charge is 2.42. The highest BCUT2D eigenvalue weighted by molar-refractivity contribution is 5.45. The average Bonchev–Trinajstić information content (AvgIpc) is 2.98. The van der Waals surface area contributed by atoms with Gasteiger partial charge in [0.2, 0.25) is 0 Å². The van der Waals surface area contributed by atoms with Gasteiger partial charge in [0.1, 0.15) is 5.69 Å². The van der Waals surface area contributed by atoms with Gasteiger partial charge in [0.25, 0.3) is 0 Å². The van der Waals surface area contributed by atoms with E-state index in [0.29, 0.717) is 18.8 Å². The summed E-state index contributed by atoms with van der Waals surface area (Å²) < 4.78 is 55.6. The minimum absolute atomic E-state index is 0.0321. The van der Waals surface area contributed by atoms with E-state index in [-0.39, 0.29) is 36.0 Å². The summed E-state index contributed by atoms with van der Waals surface area (Å²) in [5.41, 5.74) is 2.12. The lowest BCUT2D eigenvalue weighted by atomic mass is 9.80. The van der Waals surface area contributed by atoms with Crippen LogP contribution >= 0.6 is 0 Å². The Hall–Kier alpha value is -1.70.